The average molecular weight is 299 g/mol. The van der Waals surface area contributed by atoms with Crippen LogP contribution in [0.25, 0.3) is 0 Å². The van der Waals surface area contributed by atoms with Gasteiger partial charge in [-0.05, 0) is 45.4 Å². The van der Waals surface area contributed by atoms with E-state index in [1.165, 1.54) is 0 Å². The van der Waals surface area contributed by atoms with E-state index in [0.717, 1.165) is 5.56 Å². The number of carbonyl (C=O) groups excluding carboxylic acids is 1. The van der Waals surface area contributed by atoms with Crippen LogP contribution in [-0.4, -0.2) is 26.4 Å². The minimum Gasteiger partial charge on any atom is -0.365 e. The van der Waals surface area contributed by atoms with E-state index in [2.05, 4.69) is 25.6 Å². The molecule has 0 fully saturated rings. The van der Waals surface area contributed by atoms with Crippen LogP contribution in [0.15, 0.2) is 30.6 Å². The maximum Gasteiger partial charge on any atom is 0.270 e. The molecule has 0 saturated carbocycles. The van der Waals surface area contributed by atoms with E-state index < -0.39 is 0 Å². The first-order valence-corrected chi connectivity index (χ1v) is 7.14. The van der Waals surface area contributed by atoms with Gasteiger partial charge in [0, 0.05) is 30.5 Å². The molecule has 2 aromatic heterocycles. The van der Waals surface area contributed by atoms with Gasteiger partial charge in [0.2, 0.25) is 0 Å². The van der Waals surface area contributed by atoms with Crippen molar-refractivity contribution in [1.29, 1.82) is 0 Å². The number of carbonyl (C=O) groups is 1. The lowest BCUT2D eigenvalue weighted by molar-refractivity contribution is 0.0945. The number of aromatic nitrogens is 3. The molecule has 0 saturated heterocycles. The normalized spacial score (nSPS) is 11.1. The van der Waals surface area contributed by atoms with E-state index in [0.29, 0.717) is 23.9 Å². The Kier molecular flexibility index (Phi) is 4.70. The molecule has 2 rings (SSSR count). The van der Waals surface area contributed by atoms with Gasteiger partial charge >= 0.3 is 0 Å². The fourth-order valence-electron chi connectivity index (χ4n) is 1.91. The highest BCUT2D eigenvalue weighted by Crippen LogP contribution is 2.13. The van der Waals surface area contributed by atoms with Crippen LogP contribution in [0.4, 0.5) is 5.82 Å². The summed E-state index contributed by atoms with van der Waals surface area (Å²) in [5.74, 6) is 0.983. The molecule has 0 aliphatic rings. The Morgan fingerprint density at radius 2 is 1.86 bits per heavy atom. The van der Waals surface area contributed by atoms with Crippen LogP contribution >= 0.6 is 0 Å². The van der Waals surface area contributed by atoms with Crippen molar-refractivity contribution < 1.29 is 4.79 Å². The Morgan fingerprint density at radius 1 is 1.18 bits per heavy atom. The summed E-state index contributed by atoms with van der Waals surface area (Å²) >= 11 is 0. The fourth-order valence-corrected chi connectivity index (χ4v) is 1.91. The highest BCUT2D eigenvalue weighted by Gasteiger charge is 2.14. The lowest BCUT2D eigenvalue weighted by Gasteiger charge is -2.21. The van der Waals surface area contributed by atoms with Gasteiger partial charge in [-0.15, -0.1) is 0 Å². The number of hydrogen-bond donors (Lipinski definition) is 2. The molecule has 22 heavy (non-hydrogen) atoms. The van der Waals surface area contributed by atoms with Crippen LogP contribution in [0.2, 0.25) is 0 Å². The Balaban J connectivity index is 2.09. The van der Waals surface area contributed by atoms with Gasteiger partial charge in [0.1, 0.15) is 17.3 Å². The zero-order chi connectivity index (χ0) is 16.2. The average Bonchev–Trinajstić information content (AvgIpc) is 2.43. The zero-order valence-electron chi connectivity index (χ0n) is 13.3. The minimum absolute atomic E-state index is 0.133. The third-order valence-corrected chi connectivity index (χ3v) is 2.78. The topological polar surface area (TPSA) is 79.8 Å². The first-order chi connectivity index (χ1) is 10.3. The lowest BCUT2D eigenvalue weighted by Crippen LogP contribution is -2.28. The third-order valence-electron chi connectivity index (χ3n) is 2.78. The van der Waals surface area contributed by atoms with Crippen molar-refractivity contribution >= 4 is 11.7 Å². The number of pyridine rings is 1. The number of anilines is 1. The molecule has 0 radical (unpaired) electrons. The van der Waals surface area contributed by atoms with Crippen LogP contribution in [-0.2, 0) is 6.54 Å². The van der Waals surface area contributed by atoms with E-state index >= 15 is 0 Å². The molecule has 0 unspecified atom stereocenters. The van der Waals surface area contributed by atoms with E-state index in [4.69, 9.17) is 0 Å². The number of amides is 1. The summed E-state index contributed by atoms with van der Waals surface area (Å²) in [4.78, 5) is 24.7. The zero-order valence-corrected chi connectivity index (χ0v) is 13.3. The van der Waals surface area contributed by atoms with E-state index in [-0.39, 0.29) is 11.4 Å². The van der Waals surface area contributed by atoms with Gasteiger partial charge in [-0.25, -0.2) is 9.97 Å². The number of hydrogen-bond acceptors (Lipinski definition) is 5. The molecule has 0 atom stereocenters. The molecule has 0 spiro atoms. The van der Waals surface area contributed by atoms with Crippen molar-refractivity contribution in [3.8, 4) is 0 Å². The Bertz CT molecular complexity index is 649. The number of nitrogens with zero attached hydrogens (tertiary/aromatic N) is 3. The van der Waals surface area contributed by atoms with Crippen molar-refractivity contribution in [3.05, 3.63) is 47.7 Å². The molecule has 2 heterocycles. The van der Waals surface area contributed by atoms with Gasteiger partial charge in [-0.1, -0.05) is 0 Å². The largest absolute Gasteiger partial charge is 0.365 e. The second-order valence-electron chi connectivity index (χ2n) is 6.10. The van der Waals surface area contributed by atoms with Crippen LogP contribution in [0.1, 0.15) is 42.6 Å². The maximum absolute atomic E-state index is 12.2. The summed E-state index contributed by atoms with van der Waals surface area (Å²) in [5.41, 5.74) is 1.21. The first kappa shape index (κ1) is 15.9. The molecule has 0 aromatic carbocycles. The van der Waals surface area contributed by atoms with Crippen LogP contribution in [0.5, 0.6) is 0 Å². The van der Waals surface area contributed by atoms with Crippen molar-refractivity contribution in [2.45, 2.75) is 39.8 Å². The number of aryl methyl sites for hydroxylation is 1. The van der Waals surface area contributed by atoms with Crippen molar-refractivity contribution in [2.24, 2.45) is 0 Å². The van der Waals surface area contributed by atoms with E-state index in [1.54, 1.807) is 25.4 Å². The van der Waals surface area contributed by atoms with Crippen LogP contribution in [0.3, 0.4) is 0 Å². The molecule has 116 valence electrons. The molecular weight excluding hydrogens is 278 g/mol. The third kappa shape index (κ3) is 4.80. The second-order valence-corrected chi connectivity index (χ2v) is 6.10. The van der Waals surface area contributed by atoms with Gasteiger partial charge in [-0.3, -0.25) is 9.78 Å². The number of rotatable bonds is 4. The summed E-state index contributed by atoms with van der Waals surface area (Å²) < 4.78 is 0. The Labute approximate surface area is 130 Å². The Hall–Kier alpha value is -2.50. The van der Waals surface area contributed by atoms with E-state index in [1.807, 2.05) is 32.9 Å². The van der Waals surface area contributed by atoms with Crippen LogP contribution < -0.4 is 10.6 Å². The van der Waals surface area contributed by atoms with Gasteiger partial charge in [-0.2, -0.15) is 0 Å². The smallest absolute Gasteiger partial charge is 0.270 e. The fraction of sp³-hybridized carbons (Fsp3) is 0.375. The summed E-state index contributed by atoms with van der Waals surface area (Å²) in [6.45, 7) is 8.31. The quantitative estimate of drug-likeness (QED) is 0.905. The standard InChI is InChI=1S/C16H21N5O/c1-11-19-13(9-14(20-11)21-16(2,3)4)15(22)18-10-12-5-7-17-8-6-12/h5-9H,10H2,1-4H3,(H,18,22)(H,19,20,21). The summed E-state index contributed by atoms with van der Waals surface area (Å²) in [5, 5.41) is 6.10. The lowest BCUT2D eigenvalue weighted by atomic mass is 10.1. The highest BCUT2D eigenvalue weighted by molar-refractivity contribution is 5.92. The first-order valence-electron chi connectivity index (χ1n) is 7.14. The molecular formula is C16H21N5O. The summed E-state index contributed by atoms with van der Waals surface area (Å²) in [6, 6.07) is 5.39. The maximum atomic E-state index is 12.2. The van der Waals surface area contributed by atoms with E-state index in [9.17, 15) is 4.79 Å². The van der Waals surface area contributed by atoms with Gasteiger partial charge in [0.25, 0.3) is 5.91 Å². The van der Waals surface area contributed by atoms with Crippen molar-refractivity contribution in [1.82, 2.24) is 20.3 Å². The Morgan fingerprint density at radius 3 is 2.50 bits per heavy atom. The second kappa shape index (κ2) is 6.51. The molecule has 2 aromatic rings. The van der Waals surface area contributed by atoms with Crippen molar-refractivity contribution in [3.63, 3.8) is 0 Å². The van der Waals surface area contributed by atoms with Gasteiger partial charge < -0.3 is 10.6 Å². The molecule has 0 aliphatic heterocycles. The molecule has 0 aliphatic carbocycles. The van der Waals surface area contributed by atoms with Gasteiger partial charge in [0.05, 0.1) is 0 Å². The SMILES string of the molecule is Cc1nc(NC(C)(C)C)cc(C(=O)NCc2ccncc2)n1. The van der Waals surface area contributed by atoms with Crippen LogP contribution in [0, 0.1) is 6.92 Å². The summed E-state index contributed by atoms with van der Waals surface area (Å²) in [7, 11) is 0. The molecule has 6 heteroatoms. The molecule has 2 N–H and O–H groups in total. The number of nitrogens with one attached hydrogen (secondary N) is 2. The van der Waals surface area contributed by atoms with Crippen molar-refractivity contribution in [2.75, 3.05) is 5.32 Å². The van der Waals surface area contributed by atoms with Gasteiger partial charge in [0.15, 0.2) is 0 Å². The molecule has 1 amide bonds. The predicted octanol–water partition coefficient (Wildman–Crippen LogP) is 2.32. The summed E-state index contributed by atoms with van der Waals surface area (Å²) in [6.07, 6.45) is 3.39. The molecule has 6 nitrogen and oxygen atoms in total. The monoisotopic (exact) mass is 299 g/mol. The minimum atomic E-state index is -0.223. The highest BCUT2D eigenvalue weighted by atomic mass is 16.1. The predicted molar refractivity (Wildman–Crippen MR) is 85.6 cm³/mol. The molecule has 0 bridgehead atoms.